The zero-order chi connectivity index (χ0) is 8.97. The van der Waals surface area contributed by atoms with E-state index in [1.807, 2.05) is 0 Å². The van der Waals surface area contributed by atoms with E-state index in [1.165, 1.54) is 0 Å². The van der Waals surface area contributed by atoms with Gasteiger partial charge in [-0.3, -0.25) is 0 Å². The molecule has 0 N–H and O–H groups in total. The average molecular weight is 190 g/mol. The highest BCUT2D eigenvalue weighted by atomic mass is 32.1. The fraction of sp³-hybridized carbons (Fsp3) is 0.250. The van der Waals surface area contributed by atoms with Crippen LogP contribution in [0.3, 0.4) is 0 Å². The molecular weight excluding hydrogens is 182 g/mol. The maximum atomic E-state index is 12.5. The standard InChI is InChI=1S/C8H8F2OS/c9-6-3-7(10)5-8(4-6)11-1-2-12/h3-5,12H,1-2H2. The van der Waals surface area contributed by atoms with Crippen LogP contribution < -0.4 is 4.74 Å². The Morgan fingerprint density at radius 3 is 2.25 bits per heavy atom. The molecule has 0 saturated heterocycles. The SMILES string of the molecule is Fc1cc(F)cc(OCCS)c1. The van der Waals surface area contributed by atoms with Crippen molar-refractivity contribution in [2.75, 3.05) is 12.4 Å². The number of thiol groups is 1. The number of halogens is 2. The zero-order valence-corrected chi connectivity index (χ0v) is 7.15. The highest BCUT2D eigenvalue weighted by molar-refractivity contribution is 7.80. The van der Waals surface area contributed by atoms with E-state index in [2.05, 4.69) is 12.6 Å². The molecule has 0 atom stereocenters. The molecule has 0 radical (unpaired) electrons. The minimum Gasteiger partial charge on any atom is -0.493 e. The van der Waals surface area contributed by atoms with Gasteiger partial charge in [0.05, 0.1) is 6.61 Å². The number of ether oxygens (including phenoxy) is 1. The molecule has 0 aliphatic carbocycles. The lowest BCUT2D eigenvalue weighted by Crippen LogP contribution is -1.98. The first-order valence-electron chi connectivity index (χ1n) is 3.42. The Balaban J connectivity index is 2.72. The molecule has 0 unspecified atom stereocenters. The minimum atomic E-state index is -0.635. The topological polar surface area (TPSA) is 9.23 Å². The second-order valence-corrected chi connectivity index (χ2v) is 2.62. The number of benzene rings is 1. The molecule has 1 aromatic carbocycles. The lowest BCUT2D eigenvalue weighted by Gasteiger charge is -2.03. The second kappa shape index (κ2) is 4.30. The van der Waals surface area contributed by atoms with Gasteiger partial charge in [0.1, 0.15) is 17.4 Å². The van der Waals surface area contributed by atoms with Gasteiger partial charge in [-0.1, -0.05) is 0 Å². The zero-order valence-electron chi connectivity index (χ0n) is 6.26. The Kier molecular flexibility index (Phi) is 3.34. The Hall–Kier alpha value is -0.770. The van der Waals surface area contributed by atoms with Crippen molar-refractivity contribution in [1.29, 1.82) is 0 Å². The predicted octanol–water partition coefficient (Wildman–Crippen LogP) is 2.27. The highest BCUT2D eigenvalue weighted by Gasteiger charge is 1.99. The summed E-state index contributed by atoms with van der Waals surface area (Å²) in [5.41, 5.74) is 0. The molecule has 0 aliphatic heterocycles. The van der Waals surface area contributed by atoms with Gasteiger partial charge < -0.3 is 4.74 Å². The molecule has 0 fully saturated rings. The van der Waals surface area contributed by atoms with Crippen molar-refractivity contribution < 1.29 is 13.5 Å². The Labute approximate surface area is 74.8 Å². The monoisotopic (exact) mass is 190 g/mol. The normalized spacial score (nSPS) is 9.92. The van der Waals surface area contributed by atoms with E-state index < -0.39 is 11.6 Å². The van der Waals surface area contributed by atoms with E-state index in [-0.39, 0.29) is 5.75 Å². The fourth-order valence-corrected chi connectivity index (χ4v) is 0.867. The first-order chi connectivity index (χ1) is 5.72. The van der Waals surface area contributed by atoms with Gasteiger partial charge >= 0.3 is 0 Å². The predicted molar refractivity (Wildman–Crippen MR) is 45.7 cm³/mol. The Bertz CT molecular complexity index is 245. The molecule has 0 amide bonds. The van der Waals surface area contributed by atoms with Crippen molar-refractivity contribution in [2.24, 2.45) is 0 Å². The quantitative estimate of drug-likeness (QED) is 0.719. The minimum absolute atomic E-state index is 0.196. The first kappa shape index (κ1) is 9.32. The first-order valence-corrected chi connectivity index (χ1v) is 4.05. The summed E-state index contributed by atoms with van der Waals surface area (Å²) in [5.74, 6) is -0.562. The van der Waals surface area contributed by atoms with E-state index in [0.717, 1.165) is 18.2 Å². The third-order valence-electron chi connectivity index (χ3n) is 1.20. The summed E-state index contributed by atoms with van der Waals surface area (Å²) in [4.78, 5) is 0. The molecule has 0 saturated carbocycles. The molecule has 4 heteroatoms. The molecule has 12 heavy (non-hydrogen) atoms. The van der Waals surface area contributed by atoms with Crippen LogP contribution in [0.2, 0.25) is 0 Å². The van der Waals surface area contributed by atoms with Gasteiger partial charge in [0, 0.05) is 24.0 Å². The van der Waals surface area contributed by atoms with Crippen LogP contribution in [0.15, 0.2) is 18.2 Å². The van der Waals surface area contributed by atoms with Crippen molar-refractivity contribution in [1.82, 2.24) is 0 Å². The maximum absolute atomic E-state index is 12.5. The van der Waals surface area contributed by atoms with Crippen molar-refractivity contribution in [3.8, 4) is 5.75 Å². The number of hydrogen-bond donors (Lipinski definition) is 1. The number of hydrogen-bond acceptors (Lipinski definition) is 2. The lowest BCUT2D eigenvalue weighted by atomic mass is 10.3. The summed E-state index contributed by atoms with van der Waals surface area (Å²) in [6, 6.07) is 3.06. The average Bonchev–Trinajstić information content (AvgIpc) is 1.99. The van der Waals surface area contributed by atoms with Crippen LogP contribution >= 0.6 is 12.6 Å². The van der Waals surface area contributed by atoms with Crippen LogP contribution in [0.25, 0.3) is 0 Å². The van der Waals surface area contributed by atoms with Crippen molar-refractivity contribution in [2.45, 2.75) is 0 Å². The van der Waals surface area contributed by atoms with Crippen LogP contribution in [0, 0.1) is 11.6 Å². The number of rotatable bonds is 3. The third kappa shape index (κ3) is 2.70. The summed E-state index contributed by atoms with van der Waals surface area (Å²) in [7, 11) is 0. The third-order valence-corrected chi connectivity index (χ3v) is 1.38. The van der Waals surface area contributed by atoms with Gasteiger partial charge in [-0.05, 0) is 0 Å². The molecular formula is C8H8F2OS. The molecule has 0 aliphatic rings. The molecule has 66 valence electrons. The van der Waals surface area contributed by atoms with Gasteiger partial charge in [0.25, 0.3) is 0 Å². The molecule has 1 rings (SSSR count). The van der Waals surface area contributed by atoms with Gasteiger partial charge in [-0.2, -0.15) is 12.6 Å². The van der Waals surface area contributed by atoms with Crippen LogP contribution in [0.1, 0.15) is 0 Å². The van der Waals surface area contributed by atoms with Crippen molar-refractivity contribution in [3.63, 3.8) is 0 Å². The molecule has 1 aromatic rings. The largest absolute Gasteiger partial charge is 0.493 e. The summed E-state index contributed by atoms with van der Waals surface area (Å²) < 4.78 is 30.0. The van der Waals surface area contributed by atoms with Crippen molar-refractivity contribution >= 4 is 12.6 Å². The Morgan fingerprint density at radius 1 is 1.17 bits per heavy atom. The van der Waals surface area contributed by atoms with E-state index in [9.17, 15) is 8.78 Å². The molecule has 1 nitrogen and oxygen atoms in total. The van der Waals surface area contributed by atoms with E-state index in [1.54, 1.807) is 0 Å². The summed E-state index contributed by atoms with van der Waals surface area (Å²) >= 11 is 3.89. The van der Waals surface area contributed by atoms with Crippen LogP contribution in [0.4, 0.5) is 8.78 Å². The van der Waals surface area contributed by atoms with Crippen LogP contribution in [0.5, 0.6) is 5.75 Å². The lowest BCUT2D eigenvalue weighted by molar-refractivity contribution is 0.340. The Morgan fingerprint density at radius 2 is 1.75 bits per heavy atom. The molecule has 0 bridgehead atoms. The highest BCUT2D eigenvalue weighted by Crippen LogP contribution is 2.14. The second-order valence-electron chi connectivity index (χ2n) is 2.18. The van der Waals surface area contributed by atoms with E-state index in [4.69, 9.17) is 4.74 Å². The molecule has 0 aromatic heterocycles. The molecule has 0 heterocycles. The van der Waals surface area contributed by atoms with Crippen LogP contribution in [-0.2, 0) is 0 Å². The van der Waals surface area contributed by atoms with Crippen molar-refractivity contribution in [3.05, 3.63) is 29.8 Å². The summed E-state index contributed by atoms with van der Waals surface area (Å²) in [6.07, 6.45) is 0. The van der Waals surface area contributed by atoms with Gasteiger partial charge in [0.2, 0.25) is 0 Å². The van der Waals surface area contributed by atoms with Gasteiger partial charge in [-0.25, -0.2) is 8.78 Å². The van der Waals surface area contributed by atoms with E-state index in [0.29, 0.717) is 12.4 Å². The maximum Gasteiger partial charge on any atom is 0.129 e. The van der Waals surface area contributed by atoms with Gasteiger partial charge in [-0.15, -0.1) is 0 Å². The fourth-order valence-electron chi connectivity index (χ4n) is 0.775. The summed E-state index contributed by atoms with van der Waals surface area (Å²) in [5, 5.41) is 0. The summed E-state index contributed by atoms with van der Waals surface area (Å²) in [6.45, 7) is 0.339. The van der Waals surface area contributed by atoms with E-state index >= 15 is 0 Å². The molecule has 0 spiro atoms. The van der Waals surface area contributed by atoms with Crippen LogP contribution in [-0.4, -0.2) is 12.4 Å². The van der Waals surface area contributed by atoms with Gasteiger partial charge in [0.15, 0.2) is 0 Å². The smallest absolute Gasteiger partial charge is 0.129 e.